The van der Waals surface area contributed by atoms with Gasteiger partial charge in [0.1, 0.15) is 0 Å². The van der Waals surface area contributed by atoms with Gasteiger partial charge in [0.05, 0.1) is 5.60 Å². The highest BCUT2D eigenvalue weighted by Gasteiger charge is 2.03. The van der Waals surface area contributed by atoms with Gasteiger partial charge in [-0.2, -0.15) is 0 Å². The summed E-state index contributed by atoms with van der Waals surface area (Å²) in [5.74, 6) is 0. The molecule has 0 unspecified atom stereocenters. The van der Waals surface area contributed by atoms with E-state index in [0.717, 1.165) is 0 Å². The first-order valence-electron chi connectivity index (χ1n) is 6.44. The van der Waals surface area contributed by atoms with E-state index in [1.54, 1.807) is 21.0 Å². The Hall–Kier alpha value is -0.0800. The zero-order valence-electron chi connectivity index (χ0n) is 12.8. The first-order valence-corrected chi connectivity index (χ1v) is 6.44. The Kier molecular flexibility index (Phi) is 19.8. The third-order valence-corrected chi connectivity index (χ3v) is 1.57. The number of hydrogen-bond donors (Lipinski definition) is 1. The molecule has 0 aliphatic carbocycles. The minimum atomic E-state index is -0.167. The molecule has 102 valence electrons. The van der Waals surface area contributed by atoms with Crippen LogP contribution in [0.5, 0.6) is 0 Å². The number of rotatable bonds is 3. The van der Waals surface area contributed by atoms with Gasteiger partial charge in [-0.25, -0.2) is 0 Å². The van der Waals surface area contributed by atoms with Crippen molar-refractivity contribution in [3.05, 3.63) is 0 Å². The largest absolute Gasteiger partial charge is 0.394 e. The van der Waals surface area contributed by atoms with Crippen molar-refractivity contribution in [2.75, 3.05) is 7.11 Å². The number of hydrogen-bond acceptors (Lipinski definition) is 2. The maximum atomic E-state index is 8.06. The van der Waals surface area contributed by atoms with E-state index in [1.807, 2.05) is 20.8 Å². The van der Waals surface area contributed by atoms with Crippen LogP contribution in [0, 0.1) is 0 Å². The predicted octanol–water partition coefficient (Wildman–Crippen LogP) is 4.41. The van der Waals surface area contributed by atoms with Gasteiger partial charge < -0.3 is 9.84 Å². The van der Waals surface area contributed by atoms with Crippen LogP contribution in [0.25, 0.3) is 0 Å². The minimum absolute atomic E-state index is 0.0417. The SMILES string of the molecule is CC(C)O.CCCCCC.COC(C)(C)C. The molecule has 2 heteroatoms. The van der Waals surface area contributed by atoms with Gasteiger partial charge in [0.15, 0.2) is 0 Å². The van der Waals surface area contributed by atoms with Gasteiger partial charge in [-0.1, -0.05) is 39.5 Å². The first kappa shape index (κ1) is 21.2. The summed E-state index contributed by atoms with van der Waals surface area (Å²) in [6.45, 7) is 14.0. The van der Waals surface area contributed by atoms with E-state index < -0.39 is 0 Å². The average molecular weight is 234 g/mol. The summed E-state index contributed by atoms with van der Waals surface area (Å²) in [6, 6.07) is 0. The lowest BCUT2D eigenvalue weighted by molar-refractivity contribution is 0.0397. The molecule has 2 nitrogen and oxygen atoms in total. The van der Waals surface area contributed by atoms with E-state index in [0.29, 0.717) is 0 Å². The summed E-state index contributed by atoms with van der Waals surface area (Å²) in [4.78, 5) is 0. The molecule has 0 aliphatic heterocycles. The second-order valence-corrected chi connectivity index (χ2v) is 5.12. The van der Waals surface area contributed by atoms with E-state index in [9.17, 15) is 0 Å². The topological polar surface area (TPSA) is 29.5 Å². The van der Waals surface area contributed by atoms with Gasteiger partial charge in [0, 0.05) is 13.2 Å². The third kappa shape index (κ3) is 66.3. The van der Waals surface area contributed by atoms with Crippen LogP contribution in [0.4, 0.5) is 0 Å². The lowest BCUT2D eigenvalue weighted by atomic mass is 10.2. The van der Waals surface area contributed by atoms with E-state index in [1.165, 1.54) is 25.7 Å². The quantitative estimate of drug-likeness (QED) is 0.733. The summed E-state index contributed by atoms with van der Waals surface area (Å²) in [6.07, 6.45) is 5.37. The van der Waals surface area contributed by atoms with Gasteiger partial charge >= 0.3 is 0 Å². The Balaban J connectivity index is -0.000000162. The molecule has 0 radical (unpaired) electrons. The monoisotopic (exact) mass is 234 g/mol. The highest BCUT2D eigenvalue weighted by atomic mass is 16.5. The molecule has 0 saturated carbocycles. The maximum Gasteiger partial charge on any atom is 0.0594 e. The molecule has 0 fully saturated rings. The average Bonchev–Trinajstić information content (AvgIpc) is 2.14. The van der Waals surface area contributed by atoms with Crippen molar-refractivity contribution < 1.29 is 9.84 Å². The highest BCUT2D eigenvalue weighted by Crippen LogP contribution is 2.02. The zero-order valence-corrected chi connectivity index (χ0v) is 12.8. The molecular formula is C14H34O2. The van der Waals surface area contributed by atoms with Crippen molar-refractivity contribution in [3.8, 4) is 0 Å². The molecule has 0 aliphatic rings. The number of methoxy groups -OCH3 is 1. The Morgan fingerprint density at radius 2 is 1.19 bits per heavy atom. The number of unbranched alkanes of at least 4 members (excludes halogenated alkanes) is 3. The molecule has 0 aromatic carbocycles. The van der Waals surface area contributed by atoms with Gasteiger partial charge in [0.2, 0.25) is 0 Å². The molecule has 0 spiro atoms. The van der Waals surface area contributed by atoms with Crippen LogP contribution in [0.1, 0.15) is 74.1 Å². The molecule has 0 atom stereocenters. The van der Waals surface area contributed by atoms with Gasteiger partial charge in [-0.05, 0) is 34.6 Å². The van der Waals surface area contributed by atoms with Crippen molar-refractivity contribution in [3.63, 3.8) is 0 Å². The van der Waals surface area contributed by atoms with Crippen LogP contribution in [0.2, 0.25) is 0 Å². The molecular weight excluding hydrogens is 200 g/mol. The molecule has 0 saturated heterocycles. The van der Waals surface area contributed by atoms with Crippen molar-refractivity contribution in [2.24, 2.45) is 0 Å². The number of ether oxygens (including phenoxy) is 1. The van der Waals surface area contributed by atoms with Crippen LogP contribution < -0.4 is 0 Å². The summed E-state index contributed by atoms with van der Waals surface area (Å²) < 4.78 is 4.94. The first-order chi connectivity index (χ1) is 7.21. The zero-order chi connectivity index (χ0) is 13.6. The smallest absolute Gasteiger partial charge is 0.0594 e. The second kappa shape index (κ2) is 14.9. The van der Waals surface area contributed by atoms with Crippen molar-refractivity contribution in [1.82, 2.24) is 0 Å². The standard InChI is InChI=1S/C6H14.C5H12O.C3H8O/c1-3-5-6-4-2;1-5(2,3)6-4;1-3(2)4/h3-6H2,1-2H3;1-4H3;3-4H,1-2H3. The van der Waals surface area contributed by atoms with E-state index in [-0.39, 0.29) is 11.7 Å². The molecule has 0 rings (SSSR count). The fourth-order valence-electron chi connectivity index (χ4n) is 0.500. The Bertz CT molecular complexity index is 97.0. The van der Waals surface area contributed by atoms with Crippen molar-refractivity contribution in [1.29, 1.82) is 0 Å². The summed E-state index contributed by atoms with van der Waals surface area (Å²) in [5.41, 5.74) is 0.0417. The molecule has 0 heterocycles. The Labute approximate surface area is 103 Å². The van der Waals surface area contributed by atoms with Gasteiger partial charge in [0.25, 0.3) is 0 Å². The summed E-state index contributed by atoms with van der Waals surface area (Å²) >= 11 is 0. The normalized spacial score (nSPS) is 10.1. The van der Waals surface area contributed by atoms with Gasteiger partial charge in [-0.15, -0.1) is 0 Å². The Morgan fingerprint density at radius 1 is 1.00 bits per heavy atom. The Morgan fingerprint density at radius 3 is 1.25 bits per heavy atom. The van der Waals surface area contributed by atoms with Crippen LogP contribution in [-0.2, 0) is 4.74 Å². The fraction of sp³-hybridized carbons (Fsp3) is 1.00. The van der Waals surface area contributed by atoms with E-state index >= 15 is 0 Å². The van der Waals surface area contributed by atoms with E-state index in [2.05, 4.69) is 13.8 Å². The molecule has 0 amide bonds. The lowest BCUT2D eigenvalue weighted by Crippen LogP contribution is -2.15. The lowest BCUT2D eigenvalue weighted by Gasteiger charge is -2.14. The molecule has 16 heavy (non-hydrogen) atoms. The van der Waals surface area contributed by atoms with Crippen molar-refractivity contribution >= 4 is 0 Å². The fourth-order valence-corrected chi connectivity index (χ4v) is 0.500. The van der Waals surface area contributed by atoms with Crippen molar-refractivity contribution in [2.45, 2.75) is 85.9 Å². The summed E-state index contributed by atoms with van der Waals surface area (Å²) in [7, 11) is 1.71. The number of aliphatic hydroxyl groups is 1. The summed E-state index contributed by atoms with van der Waals surface area (Å²) in [5, 5.41) is 8.06. The van der Waals surface area contributed by atoms with Crippen LogP contribution in [0.3, 0.4) is 0 Å². The highest BCUT2D eigenvalue weighted by molar-refractivity contribution is 4.55. The molecule has 0 aromatic rings. The molecule has 1 N–H and O–H groups in total. The molecule has 0 bridgehead atoms. The maximum absolute atomic E-state index is 8.06. The second-order valence-electron chi connectivity index (χ2n) is 5.12. The van der Waals surface area contributed by atoms with Crippen LogP contribution in [0.15, 0.2) is 0 Å². The minimum Gasteiger partial charge on any atom is -0.394 e. The van der Waals surface area contributed by atoms with Crippen LogP contribution >= 0.6 is 0 Å². The predicted molar refractivity (Wildman–Crippen MR) is 73.9 cm³/mol. The van der Waals surface area contributed by atoms with E-state index in [4.69, 9.17) is 9.84 Å². The molecule has 0 aromatic heterocycles. The van der Waals surface area contributed by atoms with Crippen LogP contribution in [-0.4, -0.2) is 23.9 Å². The number of aliphatic hydroxyl groups excluding tert-OH is 1. The van der Waals surface area contributed by atoms with Gasteiger partial charge in [-0.3, -0.25) is 0 Å². The third-order valence-electron chi connectivity index (χ3n) is 1.57.